The Kier molecular flexibility index (Phi) is 3.65. The van der Waals surface area contributed by atoms with Crippen LogP contribution in [-0.2, 0) is 5.75 Å². The van der Waals surface area contributed by atoms with Gasteiger partial charge < -0.3 is 5.32 Å². The van der Waals surface area contributed by atoms with Crippen molar-refractivity contribution in [3.63, 3.8) is 0 Å². The van der Waals surface area contributed by atoms with Gasteiger partial charge in [0.05, 0.1) is 11.6 Å². The van der Waals surface area contributed by atoms with Gasteiger partial charge in [0.2, 0.25) is 0 Å². The van der Waals surface area contributed by atoms with Crippen LogP contribution < -0.4 is 5.32 Å². The topological polar surface area (TPSA) is 35.8 Å². The molecule has 0 spiro atoms. The minimum atomic E-state index is 0.762. The Morgan fingerprint density at radius 3 is 3.00 bits per heavy atom. The first-order valence-electron chi connectivity index (χ1n) is 5.16. The van der Waals surface area contributed by atoms with Crippen LogP contribution in [-0.4, -0.2) is 18.8 Å². The van der Waals surface area contributed by atoms with Crippen molar-refractivity contribution in [3.05, 3.63) is 35.4 Å². The molecular formula is C12H14N2S. The van der Waals surface area contributed by atoms with Crippen molar-refractivity contribution in [2.75, 3.05) is 18.8 Å². The molecule has 1 aromatic rings. The van der Waals surface area contributed by atoms with E-state index in [2.05, 4.69) is 17.5 Å². The molecule has 0 atom stereocenters. The Morgan fingerprint density at radius 2 is 2.33 bits per heavy atom. The first-order valence-corrected chi connectivity index (χ1v) is 6.31. The van der Waals surface area contributed by atoms with Crippen LogP contribution in [0.5, 0.6) is 0 Å². The molecule has 1 aliphatic rings. The molecule has 3 heteroatoms. The quantitative estimate of drug-likeness (QED) is 0.839. The summed E-state index contributed by atoms with van der Waals surface area (Å²) in [7, 11) is 0. The SMILES string of the molecule is N#Cc1cccc(CSCC2CNC2)c1. The summed E-state index contributed by atoms with van der Waals surface area (Å²) >= 11 is 1.96. The summed E-state index contributed by atoms with van der Waals surface area (Å²) in [6.45, 7) is 2.34. The van der Waals surface area contributed by atoms with Crippen molar-refractivity contribution in [2.45, 2.75) is 5.75 Å². The molecule has 78 valence electrons. The van der Waals surface area contributed by atoms with Crippen LogP contribution in [0.2, 0.25) is 0 Å². The summed E-state index contributed by atoms with van der Waals surface area (Å²) in [5.41, 5.74) is 2.02. The van der Waals surface area contributed by atoms with E-state index < -0.39 is 0 Å². The number of nitrogens with one attached hydrogen (secondary N) is 1. The van der Waals surface area contributed by atoms with E-state index in [-0.39, 0.29) is 0 Å². The summed E-state index contributed by atoms with van der Waals surface area (Å²) in [4.78, 5) is 0. The highest BCUT2D eigenvalue weighted by atomic mass is 32.2. The molecule has 0 aromatic heterocycles. The molecular weight excluding hydrogens is 204 g/mol. The third-order valence-corrected chi connectivity index (χ3v) is 3.79. The standard InChI is InChI=1S/C12H14N2S/c13-5-10-2-1-3-11(4-10)8-15-9-12-6-14-7-12/h1-4,12,14H,6-9H2. The van der Waals surface area contributed by atoms with Gasteiger partial charge in [0.1, 0.15) is 0 Å². The molecule has 0 unspecified atom stereocenters. The monoisotopic (exact) mass is 218 g/mol. The highest BCUT2D eigenvalue weighted by molar-refractivity contribution is 7.98. The number of hydrogen-bond acceptors (Lipinski definition) is 3. The van der Waals surface area contributed by atoms with Crippen LogP contribution >= 0.6 is 11.8 Å². The van der Waals surface area contributed by atoms with E-state index in [4.69, 9.17) is 5.26 Å². The molecule has 1 saturated heterocycles. The van der Waals surface area contributed by atoms with Gasteiger partial charge >= 0.3 is 0 Å². The maximum Gasteiger partial charge on any atom is 0.0991 e. The molecule has 2 nitrogen and oxygen atoms in total. The van der Waals surface area contributed by atoms with Crippen LogP contribution in [0.1, 0.15) is 11.1 Å². The van der Waals surface area contributed by atoms with Crippen molar-refractivity contribution in [2.24, 2.45) is 5.92 Å². The van der Waals surface area contributed by atoms with Crippen molar-refractivity contribution in [3.8, 4) is 6.07 Å². The van der Waals surface area contributed by atoms with E-state index in [1.54, 1.807) is 0 Å². The average molecular weight is 218 g/mol. The van der Waals surface area contributed by atoms with E-state index >= 15 is 0 Å². The van der Waals surface area contributed by atoms with E-state index in [0.29, 0.717) is 0 Å². The van der Waals surface area contributed by atoms with Crippen LogP contribution in [0.4, 0.5) is 0 Å². The highest BCUT2D eigenvalue weighted by Gasteiger charge is 2.15. The Bertz CT molecular complexity index is 366. The van der Waals surface area contributed by atoms with Gasteiger partial charge in [0, 0.05) is 5.75 Å². The molecule has 1 aliphatic heterocycles. The van der Waals surface area contributed by atoms with Gasteiger partial charge in [-0.1, -0.05) is 12.1 Å². The summed E-state index contributed by atoms with van der Waals surface area (Å²) < 4.78 is 0. The van der Waals surface area contributed by atoms with Crippen LogP contribution in [0.15, 0.2) is 24.3 Å². The average Bonchev–Trinajstić information content (AvgIpc) is 2.22. The molecule has 1 heterocycles. The molecule has 0 radical (unpaired) electrons. The molecule has 15 heavy (non-hydrogen) atoms. The van der Waals surface area contributed by atoms with E-state index in [0.717, 1.165) is 17.2 Å². The predicted molar refractivity (Wildman–Crippen MR) is 63.7 cm³/mol. The second kappa shape index (κ2) is 5.20. The van der Waals surface area contributed by atoms with Crippen molar-refractivity contribution >= 4 is 11.8 Å². The van der Waals surface area contributed by atoms with Crippen LogP contribution in [0.3, 0.4) is 0 Å². The molecule has 0 bridgehead atoms. The Labute approximate surface area is 94.7 Å². The summed E-state index contributed by atoms with van der Waals surface area (Å²) in [5.74, 6) is 3.10. The minimum Gasteiger partial charge on any atom is -0.316 e. The number of hydrogen-bond donors (Lipinski definition) is 1. The summed E-state index contributed by atoms with van der Waals surface area (Å²) in [5, 5.41) is 12.0. The molecule has 0 aliphatic carbocycles. The summed E-state index contributed by atoms with van der Waals surface area (Å²) in [6.07, 6.45) is 0. The number of nitriles is 1. The lowest BCUT2D eigenvalue weighted by molar-refractivity contribution is 0.385. The molecule has 1 N–H and O–H groups in total. The van der Waals surface area contributed by atoms with Gasteiger partial charge in [-0.2, -0.15) is 17.0 Å². The van der Waals surface area contributed by atoms with E-state index in [9.17, 15) is 0 Å². The highest BCUT2D eigenvalue weighted by Crippen LogP contribution is 2.18. The molecule has 1 fully saturated rings. The van der Waals surface area contributed by atoms with Gasteiger partial charge in [-0.3, -0.25) is 0 Å². The van der Waals surface area contributed by atoms with Gasteiger partial charge in [0.15, 0.2) is 0 Å². The smallest absolute Gasteiger partial charge is 0.0991 e. The zero-order valence-electron chi connectivity index (χ0n) is 8.57. The van der Waals surface area contributed by atoms with Crippen LogP contribution in [0, 0.1) is 17.2 Å². The number of nitrogens with zero attached hydrogens (tertiary/aromatic N) is 1. The summed E-state index contributed by atoms with van der Waals surface area (Å²) in [6, 6.07) is 10.0. The lowest BCUT2D eigenvalue weighted by Gasteiger charge is -2.26. The molecule has 2 rings (SSSR count). The van der Waals surface area contributed by atoms with E-state index in [1.807, 2.05) is 30.0 Å². The Hall–Kier alpha value is -0.980. The molecule has 1 aromatic carbocycles. The fourth-order valence-corrected chi connectivity index (χ4v) is 2.64. The van der Waals surface area contributed by atoms with Gasteiger partial charge in [0.25, 0.3) is 0 Å². The van der Waals surface area contributed by atoms with Crippen molar-refractivity contribution in [1.29, 1.82) is 5.26 Å². The minimum absolute atomic E-state index is 0.762. The molecule has 0 saturated carbocycles. The van der Waals surface area contributed by atoms with Gasteiger partial charge in [-0.25, -0.2) is 0 Å². The fraction of sp³-hybridized carbons (Fsp3) is 0.417. The Morgan fingerprint density at radius 1 is 1.47 bits per heavy atom. The largest absolute Gasteiger partial charge is 0.316 e. The third kappa shape index (κ3) is 2.98. The maximum atomic E-state index is 8.76. The predicted octanol–water partition coefficient (Wildman–Crippen LogP) is 2.01. The first kappa shape index (κ1) is 10.5. The number of thioether (sulfide) groups is 1. The molecule has 0 amide bonds. The van der Waals surface area contributed by atoms with Crippen LogP contribution in [0.25, 0.3) is 0 Å². The normalized spacial score (nSPS) is 15.7. The lowest BCUT2D eigenvalue weighted by atomic mass is 10.1. The van der Waals surface area contributed by atoms with Crippen molar-refractivity contribution in [1.82, 2.24) is 5.32 Å². The van der Waals surface area contributed by atoms with Crippen molar-refractivity contribution < 1.29 is 0 Å². The van der Waals surface area contributed by atoms with Gasteiger partial charge in [-0.15, -0.1) is 0 Å². The Balaban J connectivity index is 1.79. The fourth-order valence-electron chi connectivity index (χ4n) is 1.54. The third-order valence-electron chi connectivity index (χ3n) is 2.54. The lowest BCUT2D eigenvalue weighted by Crippen LogP contribution is -2.43. The zero-order valence-corrected chi connectivity index (χ0v) is 9.39. The van der Waals surface area contributed by atoms with E-state index in [1.165, 1.54) is 24.4 Å². The second-order valence-corrected chi connectivity index (χ2v) is 4.88. The maximum absolute atomic E-state index is 8.76. The zero-order chi connectivity index (χ0) is 10.5. The van der Waals surface area contributed by atoms with Gasteiger partial charge in [-0.05, 0) is 42.5 Å². The second-order valence-electron chi connectivity index (χ2n) is 3.85. The number of benzene rings is 1. The first-order chi connectivity index (χ1) is 7.38. The number of rotatable bonds is 4.